The third-order valence-corrected chi connectivity index (χ3v) is 4.52. The van der Waals surface area contributed by atoms with E-state index < -0.39 is 17.4 Å². The molecule has 9 nitrogen and oxygen atoms in total. The Kier molecular flexibility index (Phi) is 5.65. The van der Waals surface area contributed by atoms with Gasteiger partial charge in [-0.05, 0) is 43.3 Å². The van der Waals surface area contributed by atoms with Crippen molar-refractivity contribution in [3.8, 4) is 22.8 Å². The molecule has 0 radical (unpaired) electrons. The summed E-state index contributed by atoms with van der Waals surface area (Å²) in [5, 5.41) is 6.93. The van der Waals surface area contributed by atoms with Crippen LogP contribution in [0.2, 0.25) is 0 Å². The number of hydrogen-bond acceptors (Lipinski definition) is 7. The van der Waals surface area contributed by atoms with Gasteiger partial charge in [0.1, 0.15) is 6.54 Å². The molecule has 1 N–H and O–H groups in total. The molecule has 3 aromatic rings. The van der Waals surface area contributed by atoms with Crippen LogP contribution in [0.1, 0.15) is 17.3 Å². The van der Waals surface area contributed by atoms with Gasteiger partial charge in [0, 0.05) is 11.6 Å². The third-order valence-electron chi connectivity index (χ3n) is 4.52. The number of anilines is 1. The molecule has 0 atom stereocenters. The Hall–Kier alpha value is -4.14. The molecule has 31 heavy (non-hydrogen) atoms. The van der Waals surface area contributed by atoms with Gasteiger partial charge < -0.3 is 19.5 Å². The van der Waals surface area contributed by atoms with Crippen LogP contribution in [0, 0.1) is 0 Å². The molecule has 0 aliphatic carbocycles. The fraction of sp³-hybridized carbons (Fsp3) is 0.182. The second kappa shape index (κ2) is 8.70. The van der Waals surface area contributed by atoms with Crippen LogP contribution < -0.4 is 20.3 Å². The van der Waals surface area contributed by atoms with Crippen LogP contribution in [0.15, 0.2) is 59.4 Å². The number of ether oxygens (including phenoxy) is 3. The maximum absolute atomic E-state index is 12.6. The number of nitrogens with zero attached hydrogens (tertiary/aromatic N) is 2. The van der Waals surface area contributed by atoms with Crippen molar-refractivity contribution in [1.82, 2.24) is 9.78 Å². The van der Waals surface area contributed by atoms with E-state index in [1.54, 1.807) is 55.5 Å². The SMILES string of the molecule is CCOC(=O)c1ccccc1NC(=O)Cn1nc(-c2ccc3c(c2)OCO3)ccc1=O. The first-order chi connectivity index (χ1) is 15.0. The van der Waals surface area contributed by atoms with Gasteiger partial charge in [-0.15, -0.1) is 0 Å². The van der Waals surface area contributed by atoms with Crippen molar-refractivity contribution in [1.29, 1.82) is 0 Å². The van der Waals surface area contributed by atoms with Gasteiger partial charge in [0.25, 0.3) is 5.56 Å². The first kappa shape index (κ1) is 20.1. The molecule has 1 aliphatic heterocycles. The number of amides is 1. The smallest absolute Gasteiger partial charge is 0.340 e. The zero-order valence-electron chi connectivity index (χ0n) is 16.7. The highest BCUT2D eigenvalue weighted by Crippen LogP contribution is 2.35. The Morgan fingerprint density at radius 1 is 1.10 bits per heavy atom. The molecule has 0 unspecified atom stereocenters. The highest BCUT2D eigenvalue weighted by Gasteiger charge is 2.17. The molecule has 1 amide bonds. The Morgan fingerprint density at radius 3 is 2.74 bits per heavy atom. The molecule has 0 bridgehead atoms. The van der Waals surface area contributed by atoms with E-state index in [0.717, 1.165) is 4.68 Å². The summed E-state index contributed by atoms with van der Waals surface area (Å²) in [6.45, 7) is 1.74. The molecule has 0 saturated heterocycles. The molecule has 0 spiro atoms. The average Bonchev–Trinajstić information content (AvgIpc) is 3.24. The lowest BCUT2D eigenvalue weighted by molar-refractivity contribution is -0.117. The summed E-state index contributed by atoms with van der Waals surface area (Å²) in [4.78, 5) is 36.9. The Morgan fingerprint density at radius 2 is 1.90 bits per heavy atom. The van der Waals surface area contributed by atoms with Crippen molar-refractivity contribution in [3.63, 3.8) is 0 Å². The number of rotatable bonds is 6. The molecule has 0 fully saturated rings. The first-order valence-electron chi connectivity index (χ1n) is 9.59. The van der Waals surface area contributed by atoms with E-state index in [4.69, 9.17) is 14.2 Å². The number of carbonyl (C=O) groups is 2. The quantitative estimate of drug-likeness (QED) is 0.609. The standard InChI is InChI=1S/C22H19N3O6/c1-2-29-22(28)15-5-3-4-6-17(15)23-20(26)12-25-21(27)10-8-16(24-25)14-7-9-18-19(11-14)31-13-30-18/h3-11H,2,12-13H2,1H3,(H,23,26). The number of aromatic nitrogens is 2. The molecule has 2 heterocycles. The lowest BCUT2D eigenvalue weighted by atomic mass is 10.1. The summed E-state index contributed by atoms with van der Waals surface area (Å²) < 4.78 is 16.7. The Labute approximate surface area is 177 Å². The van der Waals surface area contributed by atoms with Crippen LogP contribution in [0.5, 0.6) is 11.5 Å². The van der Waals surface area contributed by atoms with E-state index >= 15 is 0 Å². The van der Waals surface area contributed by atoms with Gasteiger partial charge in [-0.3, -0.25) is 9.59 Å². The maximum atomic E-state index is 12.6. The van der Waals surface area contributed by atoms with Gasteiger partial charge in [-0.2, -0.15) is 5.10 Å². The van der Waals surface area contributed by atoms with Crippen molar-refractivity contribution in [2.24, 2.45) is 0 Å². The second-order valence-electron chi connectivity index (χ2n) is 6.60. The van der Waals surface area contributed by atoms with E-state index in [1.807, 2.05) is 0 Å². The minimum atomic E-state index is -0.543. The van der Waals surface area contributed by atoms with Crippen molar-refractivity contribution in [2.45, 2.75) is 13.5 Å². The van der Waals surface area contributed by atoms with Gasteiger partial charge >= 0.3 is 5.97 Å². The van der Waals surface area contributed by atoms with Crippen LogP contribution >= 0.6 is 0 Å². The van der Waals surface area contributed by atoms with E-state index in [0.29, 0.717) is 28.4 Å². The summed E-state index contributed by atoms with van der Waals surface area (Å²) in [7, 11) is 0. The number of para-hydroxylation sites is 1. The van der Waals surface area contributed by atoms with Crippen LogP contribution in [0.4, 0.5) is 5.69 Å². The van der Waals surface area contributed by atoms with Crippen molar-refractivity contribution in [3.05, 3.63) is 70.5 Å². The minimum absolute atomic E-state index is 0.152. The zero-order chi connectivity index (χ0) is 21.8. The molecule has 0 saturated carbocycles. The van der Waals surface area contributed by atoms with Crippen LogP contribution in [-0.4, -0.2) is 35.1 Å². The van der Waals surface area contributed by atoms with E-state index in [9.17, 15) is 14.4 Å². The normalized spacial score (nSPS) is 11.8. The molecule has 158 valence electrons. The lowest BCUT2D eigenvalue weighted by Crippen LogP contribution is -2.29. The van der Waals surface area contributed by atoms with Gasteiger partial charge in [-0.1, -0.05) is 12.1 Å². The number of nitrogens with one attached hydrogen (secondary N) is 1. The Bertz CT molecular complexity index is 1200. The number of fused-ring (bicyclic) bond motifs is 1. The predicted molar refractivity (Wildman–Crippen MR) is 111 cm³/mol. The summed E-state index contributed by atoms with van der Waals surface area (Å²) in [5.74, 6) is 0.176. The molecule has 1 aromatic heterocycles. The highest BCUT2D eigenvalue weighted by atomic mass is 16.7. The summed E-state index contributed by atoms with van der Waals surface area (Å²) in [5.41, 5.74) is 1.31. The first-order valence-corrected chi connectivity index (χ1v) is 9.59. The molecular weight excluding hydrogens is 402 g/mol. The van der Waals surface area contributed by atoms with Gasteiger partial charge in [0.15, 0.2) is 11.5 Å². The third kappa shape index (κ3) is 4.40. The fourth-order valence-electron chi connectivity index (χ4n) is 3.08. The number of hydrogen-bond donors (Lipinski definition) is 1. The van der Waals surface area contributed by atoms with E-state index in [-0.39, 0.29) is 25.5 Å². The van der Waals surface area contributed by atoms with Crippen LogP contribution in [0.3, 0.4) is 0 Å². The van der Waals surface area contributed by atoms with E-state index in [2.05, 4.69) is 10.4 Å². The van der Waals surface area contributed by atoms with Crippen LogP contribution in [0.25, 0.3) is 11.3 Å². The molecule has 2 aromatic carbocycles. The minimum Gasteiger partial charge on any atom is -0.462 e. The topological polar surface area (TPSA) is 109 Å². The maximum Gasteiger partial charge on any atom is 0.340 e. The molecular formula is C22H19N3O6. The highest BCUT2D eigenvalue weighted by molar-refractivity contribution is 6.01. The second-order valence-corrected chi connectivity index (χ2v) is 6.60. The molecule has 4 rings (SSSR count). The van der Waals surface area contributed by atoms with Crippen LogP contribution in [-0.2, 0) is 16.1 Å². The Balaban J connectivity index is 1.54. The molecule has 1 aliphatic rings. The average molecular weight is 421 g/mol. The summed E-state index contributed by atoms with van der Waals surface area (Å²) in [6, 6.07) is 14.7. The fourth-order valence-corrected chi connectivity index (χ4v) is 3.08. The van der Waals surface area contributed by atoms with Crippen molar-refractivity contribution >= 4 is 17.6 Å². The number of esters is 1. The van der Waals surface area contributed by atoms with Gasteiger partial charge in [-0.25, -0.2) is 9.48 Å². The lowest BCUT2D eigenvalue weighted by Gasteiger charge is -2.11. The van der Waals surface area contributed by atoms with Crippen molar-refractivity contribution in [2.75, 3.05) is 18.7 Å². The van der Waals surface area contributed by atoms with Crippen molar-refractivity contribution < 1.29 is 23.8 Å². The predicted octanol–water partition coefficient (Wildman–Crippen LogP) is 2.45. The largest absolute Gasteiger partial charge is 0.462 e. The number of carbonyl (C=O) groups excluding carboxylic acids is 2. The van der Waals surface area contributed by atoms with Gasteiger partial charge in [0.2, 0.25) is 12.7 Å². The monoisotopic (exact) mass is 421 g/mol. The van der Waals surface area contributed by atoms with Gasteiger partial charge in [0.05, 0.1) is 23.6 Å². The number of benzene rings is 2. The summed E-state index contributed by atoms with van der Waals surface area (Å²) >= 11 is 0. The van der Waals surface area contributed by atoms with E-state index in [1.165, 1.54) is 6.07 Å². The zero-order valence-corrected chi connectivity index (χ0v) is 16.7. The summed E-state index contributed by atoms with van der Waals surface area (Å²) in [6.07, 6.45) is 0. The molecule has 9 heteroatoms.